The number of carbonyl (C=O) groups excluding carboxylic acids is 4. The predicted molar refractivity (Wildman–Crippen MR) is 240 cm³/mol. The first kappa shape index (κ1) is 43.4. The Bertz CT molecular complexity index is 2780. The number of urea groups is 1. The molecule has 344 valence electrons. The number of carbonyl (C=O) groups is 4. The molecule has 3 N–H and O–H groups in total. The van der Waals surface area contributed by atoms with Gasteiger partial charge in [0.05, 0.1) is 53.7 Å². The van der Waals surface area contributed by atoms with E-state index in [0.29, 0.717) is 60.3 Å². The van der Waals surface area contributed by atoms with Gasteiger partial charge in [-0.1, -0.05) is 17.7 Å². The number of alkyl halides is 3. The third kappa shape index (κ3) is 7.80. The molecular formula is C46H47ClF3N11O5. The third-order valence-corrected chi connectivity index (χ3v) is 14.1. The van der Waals surface area contributed by atoms with Crippen LogP contribution in [0.15, 0.2) is 60.9 Å². The van der Waals surface area contributed by atoms with Crippen molar-refractivity contribution in [2.75, 3.05) is 68.5 Å². The van der Waals surface area contributed by atoms with E-state index >= 15 is 8.78 Å². The second-order valence-electron chi connectivity index (χ2n) is 17.7. The van der Waals surface area contributed by atoms with Gasteiger partial charge in [-0.25, -0.2) is 27.5 Å². The number of rotatable bonds is 10. The molecular weight excluding hydrogens is 879 g/mol. The first-order chi connectivity index (χ1) is 31.7. The second-order valence-corrected chi connectivity index (χ2v) is 18.1. The van der Waals surface area contributed by atoms with Crippen LogP contribution in [-0.4, -0.2) is 125 Å². The smallest absolute Gasteiger partial charge is 0.328 e. The lowest BCUT2D eigenvalue weighted by molar-refractivity contribution is -0.186. The standard InChI is InChI=1S/C46H47ClF3N11O5/c1-51-35-21-39(56-61-38(23-53-41(35)61)42(63)54-34-20-32(34)48)59-12-7-29-30(18-28(66-2)19-36(29)59)33-6-3-26(22-52-33)24-57-14-9-45(46(49,50)25-57)10-15-58(16-11-45)43(64)27-4-5-31(47)37(17-27)60-13-8-40(62)55-44(60)65/h3-6,17-19,21-23,32,34,51H,7-16,20,24-25H2,1-2H3,(H,54,63)(H,55,62,65)/t32-,34+/m0/s1. The number of pyridine rings is 1. The maximum absolute atomic E-state index is 16.3. The summed E-state index contributed by atoms with van der Waals surface area (Å²) >= 11 is 6.39. The van der Waals surface area contributed by atoms with Crippen LogP contribution >= 0.6 is 11.6 Å². The molecule has 5 aromatic rings. The third-order valence-electron chi connectivity index (χ3n) is 13.7. The Balaban J connectivity index is 0.804. The Morgan fingerprint density at radius 3 is 2.41 bits per heavy atom. The SMILES string of the molecule is CNc1cc(N2CCc3c(-c4ccc(CN5CCC6(CCN(C(=O)c7ccc(Cl)c(N8CCC(=O)NC8=O)c7)CC6)C(F)(F)C5)cn4)cc(OC)cc32)nn2c(C(=O)N[C@@H]3C[C@@H]3F)cnc12. The lowest BCUT2D eigenvalue weighted by atomic mass is 9.68. The highest BCUT2D eigenvalue weighted by Gasteiger charge is 2.57. The molecule has 10 rings (SSSR count). The Morgan fingerprint density at radius 2 is 1.71 bits per heavy atom. The van der Waals surface area contributed by atoms with E-state index in [9.17, 15) is 23.6 Å². The van der Waals surface area contributed by atoms with Crippen molar-refractivity contribution in [2.24, 2.45) is 5.41 Å². The fraction of sp³-hybridized carbons (Fsp3) is 0.413. The quantitative estimate of drug-likeness (QED) is 0.145. The van der Waals surface area contributed by atoms with Gasteiger partial charge in [0.1, 0.15) is 11.9 Å². The topological polar surface area (TPSA) is 170 Å². The number of ether oxygens (including phenoxy) is 1. The number of benzene rings is 2. The number of methoxy groups -OCH3 is 1. The number of fused-ring (bicyclic) bond motifs is 2. The predicted octanol–water partition coefficient (Wildman–Crippen LogP) is 6.24. The number of nitrogens with zero attached hydrogens (tertiary/aromatic N) is 8. The Labute approximate surface area is 382 Å². The molecule has 66 heavy (non-hydrogen) atoms. The first-order valence-corrected chi connectivity index (χ1v) is 22.4. The van der Waals surface area contributed by atoms with Crippen molar-refractivity contribution in [3.63, 3.8) is 0 Å². The van der Waals surface area contributed by atoms with Gasteiger partial charge in [0.25, 0.3) is 17.7 Å². The number of likely N-dealkylation sites (tertiary alicyclic amines) is 2. The van der Waals surface area contributed by atoms with Gasteiger partial charge in [0.15, 0.2) is 17.2 Å². The molecule has 5 amide bonds. The van der Waals surface area contributed by atoms with E-state index < -0.39 is 47.9 Å². The normalized spacial score (nSPS) is 21.2. The molecule has 4 aliphatic heterocycles. The van der Waals surface area contributed by atoms with Crippen molar-refractivity contribution in [3.8, 4) is 17.0 Å². The van der Waals surface area contributed by atoms with Crippen molar-refractivity contribution >= 4 is 63.9 Å². The number of hydrogen-bond acceptors (Lipinski definition) is 11. The van der Waals surface area contributed by atoms with Crippen LogP contribution in [0.2, 0.25) is 5.02 Å². The summed E-state index contributed by atoms with van der Waals surface area (Å²) in [4.78, 5) is 66.8. The summed E-state index contributed by atoms with van der Waals surface area (Å²) in [6.07, 6.45) is 3.73. The lowest BCUT2D eigenvalue weighted by Crippen LogP contribution is -2.59. The van der Waals surface area contributed by atoms with Crippen LogP contribution in [0.1, 0.15) is 64.1 Å². The van der Waals surface area contributed by atoms with Crippen LogP contribution in [0.5, 0.6) is 5.75 Å². The van der Waals surface area contributed by atoms with Crippen molar-refractivity contribution in [1.82, 2.24) is 40.0 Å². The number of anilines is 4. The number of imide groups is 1. The summed E-state index contributed by atoms with van der Waals surface area (Å²) in [6, 6.07) is 13.0. The van der Waals surface area contributed by atoms with E-state index in [0.717, 1.165) is 22.4 Å². The molecule has 20 heteroatoms. The molecule has 5 aliphatic rings. The van der Waals surface area contributed by atoms with Crippen LogP contribution in [0.4, 0.5) is 40.8 Å². The van der Waals surface area contributed by atoms with Crippen LogP contribution in [0, 0.1) is 5.41 Å². The maximum Gasteiger partial charge on any atom is 0.328 e. The van der Waals surface area contributed by atoms with Crippen molar-refractivity contribution in [2.45, 2.75) is 63.2 Å². The molecule has 3 saturated heterocycles. The van der Waals surface area contributed by atoms with Gasteiger partial charge in [-0.05, 0) is 73.7 Å². The molecule has 2 atom stereocenters. The molecule has 0 bridgehead atoms. The van der Waals surface area contributed by atoms with E-state index in [1.165, 1.54) is 27.7 Å². The summed E-state index contributed by atoms with van der Waals surface area (Å²) in [6.45, 7) is 1.36. The fourth-order valence-electron chi connectivity index (χ4n) is 9.78. The number of halogens is 4. The first-order valence-electron chi connectivity index (χ1n) is 22.0. The van der Waals surface area contributed by atoms with Crippen LogP contribution in [-0.2, 0) is 17.8 Å². The average Bonchev–Trinajstić information content (AvgIpc) is 3.62. The summed E-state index contributed by atoms with van der Waals surface area (Å²) in [7, 11) is 3.35. The Kier molecular flexibility index (Phi) is 11.0. The lowest BCUT2D eigenvalue weighted by Gasteiger charge is -2.51. The highest BCUT2D eigenvalue weighted by molar-refractivity contribution is 6.34. The van der Waals surface area contributed by atoms with Gasteiger partial charge >= 0.3 is 6.03 Å². The molecule has 1 saturated carbocycles. The molecule has 3 aromatic heterocycles. The zero-order valence-corrected chi connectivity index (χ0v) is 37.0. The summed E-state index contributed by atoms with van der Waals surface area (Å²) in [5.41, 5.74) is 4.87. The zero-order valence-electron chi connectivity index (χ0n) is 36.3. The van der Waals surface area contributed by atoms with E-state index in [2.05, 4.69) is 20.9 Å². The molecule has 1 aliphatic carbocycles. The number of hydrogen-bond donors (Lipinski definition) is 3. The monoisotopic (exact) mass is 925 g/mol. The summed E-state index contributed by atoms with van der Waals surface area (Å²) in [5, 5.41) is 13.2. The molecule has 1 spiro atoms. The molecule has 7 heterocycles. The number of nitrogens with one attached hydrogen (secondary N) is 3. The van der Waals surface area contributed by atoms with E-state index in [-0.39, 0.29) is 73.9 Å². The van der Waals surface area contributed by atoms with Crippen molar-refractivity contribution in [1.29, 1.82) is 0 Å². The Morgan fingerprint density at radius 1 is 0.939 bits per heavy atom. The van der Waals surface area contributed by atoms with Crippen molar-refractivity contribution < 1.29 is 37.1 Å². The Hall–Kier alpha value is -6.47. The summed E-state index contributed by atoms with van der Waals surface area (Å²) < 4.78 is 53.4. The molecule has 0 radical (unpaired) electrons. The van der Waals surface area contributed by atoms with E-state index in [1.807, 2.05) is 35.2 Å². The molecule has 2 aromatic carbocycles. The molecule has 4 fully saturated rings. The number of aromatic nitrogens is 4. The van der Waals surface area contributed by atoms with Gasteiger partial charge in [0, 0.05) is 87.5 Å². The number of imidazole rings is 1. The van der Waals surface area contributed by atoms with Gasteiger partial charge < -0.3 is 25.2 Å². The largest absolute Gasteiger partial charge is 0.497 e. The van der Waals surface area contributed by atoms with Crippen LogP contribution in [0.3, 0.4) is 0 Å². The zero-order chi connectivity index (χ0) is 46.1. The van der Waals surface area contributed by atoms with Gasteiger partial charge in [0.2, 0.25) is 5.91 Å². The van der Waals surface area contributed by atoms with E-state index in [1.54, 1.807) is 36.2 Å². The van der Waals surface area contributed by atoms with Crippen LogP contribution in [0.25, 0.3) is 16.9 Å². The average molecular weight is 926 g/mol. The maximum atomic E-state index is 16.3. The van der Waals surface area contributed by atoms with Gasteiger partial charge in [-0.2, -0.15) is 0 Å². The molecule has 16 nitrogen and oxygen atoms in total. The van der Waals surface area contributed by atoms with Crippen molar-refractivity contribution in [3.05, 3.63) is 88.3 Å². The van der Waals surface area contributed by atoms with Crippen LogP contribution < -0.4 is 30.5 Å². The molecule has 0 unspecified atom stereocenters. The highest BCUT2D eigenvalue weighted by atomic mass is 35.5. The van der Waals surface area contributed by atoms with Gasteiger partial charge in [-0.3, -0.25) is 34.5 Å². The minimum atomic E-state index is -3.00. The fourth-order valence-corrected chi connectivity index (χ4v) is 10.0. The number of amides is 5. The number of piperidine rings is 2. The summed E-state index contributed by atoms with van der Waals surface area (Å²) in [5.74, 6) is -3.01. The van der Waals surface area contributed by atoms with E-state index in [4.69, 9.17) is 26.4 Å². The minimum Gasteiger partial charge on any atom is -0.497 e. The highest BCUT2D eigenvalue weighted by Crippen LogP contribution is 2.51. The minimum absolute atomic E-state index is 0.0957. The van der Waals surface area contributed by atoms with Gasteiger partial charge in [-0.15, -0.1) is 5.10 Å². The second kappa shape index (κ2) is 16.8.